The van der Waals surface area contributed by atoms with Crippen LogP contribution in [0.3, 0.4) is 0 Å². The summed E-state index contributed by atoms with van der Waals surface area (Å²) in [6, 6.07) is 7.39. The van der Waals surface area contributed by atoms with Gasteiger partial charge in [-0.1, -0.05) is 23.7 Å². The van der Waals surface area contributed by atoms with Crippen molar-refractivity contribution in [1.29, 1.82) is 0 Å². The van der Waals surface area contributed by atoms with Crippen molar-refractivity contribution >= 4 is 29.2 Å². The maximum atomic E-state index is 5.98. The zero-order chi connectivity index (χ0) is 10.8. The quantitative estimate of drug-likeness (QED) is 0.815. The van der Waals surface area contributed by atoms with Crippen LogP contribution >= 0.6 is 11.6 Å². The van der Waals surface area contributed by atoms with Crippen LogP contribution in [-0.4, -0.2) is 14.8 Å². The van der Waals surface area contributed by atoms with Crippen molar-refractivity contribution in [2.24, 2.45) is 7.05 Å². The van der Waals surface area contributed by atoms with Gasteiger partial charge in [-0.25, -0.2) is 4.68 Å². The molecule has 1 aromatic carbocycles. The van der Waals surface area contributed by atoms with Gasteiger partial charge < -0.3 is 11.1 Å². The highest BCUT2D eigenvalue weighted by molar-refractivity contribution is 6.33. The van der Waals surface area contributed by atoms with Crippen molar-refractivity contribution < 1.29 is 0 Å². The third-order valence-corrected chi connectivity index (χ3v) is 2.23. The van der Waals surface area contributed by atoms with E-state index in [0.717, 1.165) is 5.69 Å². The first-order chi connectivity index (χ1) is 7.16. The van der Waals surface area contributed by atoms with Gasteiger partial charge in [0, 0.05) is 7.05 Å². The Morgan fingerprint density at radius 3 is 2.73 bits per heavy atom. The summed E-state index contributed by atoms with van der Waals surface area (Å²) < 4.78 is 1.55. The molecule has 0 spiro atoms. The molecule has 0 saturated heterocycles. The van der Waals surface area contributed by atoms with Gasteiger partial charge in [-0.3, -0.25) is 0 Å². The summed E-state index contributed by atoms with van der Waals surface area (Å²) in [6.45, 7) is 0. The number of nitrogen functional groups attached to an aromatic ring is 1. The summed E-state index contributed by atoms with van der Waals surface area (Å²) in [5.41, 5.74) is 6.23. The molecule has 0 aliphatic heterocycles. The van der Waals surface area contributed by atoms with E-state index in [-0.39, 0.29) is 5.95 Å². The Balaban J connectivity index is 2.29. The molecule has 0 bridgehead atoms. The molecule has 0 amide bonds. The van der Waals surface area contributed by atoms with Crippen molar-refractivity contribution in [3.8, 4) is 0 Å². The molecule has 0 aliphatic carbocycles. The van der Waals surface area contributed by atoms with Crippen molar-refractivity contribution in [2.75, 3.05) is 11.1 Å². The number of benzene rings is 1. The molecule has 1 heterocycles. The monoisotopic (exact) mass is 223 g/mol. The molecule has 0 fully saturated rings. The molecular formula is C9H10ClN5. The minimum atomic E-state index is 0.229. The predicted molar refractivity (Wildman–Crippen MR) is 60.2 cm³/mol. The maximum Gasteiger partial charge on any atom is 0.241 e. The number of hydrogen-bond acceptors (Lipinski definition) is 4. The first kappa shape index (κ1) is 9.79. The number of para-hydroxylation sites is 1. The molecule has 15 heavy (non-hydrogen) atoms. The summed E-state index contributed by atoms with van der Waals surface area (Å²) in [5, 5.41) is 7.58. The Morgan fingerprint density at radius 1 is 1.40 bits per heavy atom. The lowest BCUT2D eigenvalue weighted by Crippen LogP contribution is -2.00. The van der Waals surface area contributed by atoms with Crippen LogP contribution in [0.25, 0.3) is 0 Å². The third kappa shape index (κ3) is 2.02. The van der Waals surface area contributed by atoms with Crippen LogP contribution in [-0.2, 0) is 7.05 Å². The van der Waals surface area contributed by atoms with E-state index < -0.39 is 0 Å². The molecule has 0 saturated carbocycles. The molecule has 5 nitrogen and oxygen atoms in total. The van der Waals surface area contributed by atoms with Gasteiger partial charge in [-0.05, 0) is 12.1 Å². The van der Waals surface area contributed by atoms with Crippen molar-refractivity contribution in [3.05, 3.63) is 29.3 Å². The second-order valence-corrected chi connectivity index (χ2v) is 3.43. The second kappa shape index (κ2) is 3.78. The smallest absolute Gasteiger partial charge is 0.241 e. The highest BCUT2D eigenvalue weighted by Gasteiger charge is 2.05. The minimum Gasteiger partial charge on any atom is -0.366 e. The number of nitrogens with zero attached hydrogens (tertiary/aromatic N) is 3. The van der Waals surface area contributed by atoms with E-state index in [0.29, 0.717) is 11.0 Å². The molecule has 0 aliphatic rings. The fraction of sp³-hybridized carbons (Fsp3) is 0.111. The van der Waals surface area contributed by atoms with Crippen LogP contribution in [0, 0.1) is 0 Å². The number of rotatable bonds is 2. The Bertz CT molecular complexity index is 479. The van der Waals surface area contributed by atoms with E-state index in [4.69, 9.17) is 17.3 Å². The third-order valence-electron chi connectivity index (χ3n) is 1.90. The fourth-order valence-corrected chi connectivity index (χ4v) is 1.38. The molecule has 0 unspecified atom stereocenters. The van der Waals surface area contributed by atoms with E-state index in [1.54, 1.807) is 17.8 Å². The Hall–Kier alpha value is -1.75. The van der Waals surface area contributed by atoms with Gasteiger partial charge in [0.2, 0.25) is 11.9 Å². The van der Waals surface area contributed by atoms with Crippen LogP contribution in [0.5, 0.6) is 0 Å². The lowest BCUT2D eigenvalue weighted by atomic mass is 10.3. The highest BCUT2D eigenvalue weighted by atomic mass is 35.5. The molecule has 0 radical (unpaired) electrons. The van der Waals surface area contributed by atoms with Gasteiger partial charge in [0.15, 0.2) is 0 Å². The normalized spacial score (nSPS) is 10.3. The van der Waals surface area contributed by atoms with Gasteiger partial charge >= 0.3 is 0 Å². The molecule has 6 heteroatoms. The zero-order valence-corrected chi connectivity index (χ0v) is 8.86. The molecule has 3 N–H and O–H groups in total. The minimum absolute atomic E-state index is 0.229. The average molecular weight is 224 g/mol. The molecule has 1 aromatic heterocycles. The summed E-state index contributed by atoms with van der Waals surface area (Å²) >= 11 is 5.98. The number of anilines is 3. The van der Waals surface area contributed by atoms with Gasteiger partial charge in [-0.2, -0.15) is 4.98 Å². The number of hydrogen-bond donors (Lipinski definition) is 2. The maximum absolute atomic E-state index is 5.98. The van der Waals surface area contributed by atoms with E-state index in [9.17, 15) is 0 Å². The van der Waals surface area contributed by atoms with Gasteiger partial charge in [0.1, 0.15) is 0 Å². The standard InChI is InChI=1S/C9H10ClN5/c1-15-9(13-8(11)14-15)12-7-5-3-2-4-6(7)10/h2-5H,1H3,(H3,11,12,13,14). The lowest BCUT2D eigenvalue weighted by Gasteiger charge is -2.05. The van der Waals surface area contributed by atoms with Gasteiger partial charge in [0.25, 0.3) is 0 Å². The van der Waals surface area contributed by atoms with Crippen LogP contribution < -0.4 is 11.1 Å². The topological polar surface area (TPSA) is 68.8 Å². The highest BCUT2D eigenvalue weighted by Crippen LogP contribution is 2.23. The Morgan fingerprint density at radius 2 is 2.13 bits per heavy atom. The van der Waals surface area contributed by atoms with E-state index in [1.165, 1.54) is 0 Å². The molecular weight excluding hydrogens is 214 g/mol. The second-order valence-electron chi connectivity index (χ2n) is 3.02. The summed E-state index contributed by atoms with van der Waals surface area (Å²) in [6.07, 6.45) is 0. The van der Waals surface area contributed by atoms with Crippen LogP contribution in [0.15, 0.2) is 24.3 Å². The van der Waals surface area contributed by atoms with Crippen LogP contribution in [0.4, 0.5) is 17.6 Å². The number of aryl methyl sites for hydroxylation is 1. The number of aromatic nitrogens is 3. The van der Waals surface area contributed by atoms with E-state index in [1.807, 2.05) is 18.2 Å². The van der Waals surface area contributed by atoms with Crippen molar-refractivity contribution in [2.45, 2.75) is 0 Å². The van der Waals surface area contributed by atoms with Gasteiger partial charge in [0.05, 0.1) is 10.7 Å². The SMILES string of the molecule is Cn1nc(N)nc1Nc1ccccc1Cl. The first-order valence-corrected chi connectivity index (χ1v) is 4.72. The zero-order valence-electron chi connectivity index (χ0n) is 8.11. The van der Waals surface area contributed by atoms with Gasteiger partial charge in [-0.15, -0.1) is 5.10 Å². The van der Waals surface area contributed by atoms with E-state index in [2.05, 4.69) is 15.4 Å². The number of nitrogens with two attached hydrogens (primary N) is 1. The average Bonchev–Trinajstić information content (AvgIpc) is 2.49. The fourth-order valence-electron chi connectivity index (χ4n) is 1.20. The largest absolute Gasteiger partial charge is 0.366 e. The van der Waals surface area contributed by atoms with Crippen LogP contribution in [0.1, 0.15) is 0 Å². The number of halogens is 1. The Labute approximate surface area is 91.9 Å². The molecule has 2 rings (SSSR count). The lowest BCUT2D eigenvalue weighted by molar-refractivity contribution is 0.779. The van der Waals surface area contributed by atoms with Crippen molar-refractivity contribution in [1.82, 2.24) is 14.8 Å². The Kier molecular flexibility index (Phi) is 2.47. The summed E-state index contributed by atoms with van der Waals surface area (Å²) in [5.74, 6) is 0.785. The number of nitrogens with one attached hydrogen (secondary N) is 1. The summed E-state index contributed by atoms with van der Waals surface area (Å²) in [4.78, 5) is 4.01. The summed E-state index contributed by atoms with van der Waals surface area (Å²) in [7, 11) is 1.75. The van der Waals surface area contributed by atoms with E-state index >= 15 is 0 Å². The molecule has 2 aromatic rings. The molecule has 0 atom stereocenters. The first-order valence-electron chi connectivity index (χ1n) is 4.35. The van der Waals surface area contributed by atoms with Crippen LogP contribution in [0.2, 0.25) is 5.02 Å². The molecule has 78 valence electrons. The predicted octanol–water partition coefficient (Wildman–Crippen LogP) is 1.79. The van der Waals surface area contributed by atoms with Crippen molar-refractivity contribution in [3.63, 3.8) is 0 Å².